The molecule has 0 spiro atoms. The van der Waals surface area contributed by atoms with E-state index in [0.717, 1.165) is 19.5 Å². The van der Waals surface area contributed by atoms with Crippen LogP contribution in [0, 0.1) is 0 Å². The quantitative estimate of drug-likeness (QED) is 0.787. The number of nitrogens with zero attached hydrogens (tertiary/aromatic N) is 1. The van der Waals surface area contributed by atoms with Crippen molar-refractivity contribution >= 4 is 22.2 Å². The Balaban J connectivity index is 0.00000196. The van der Waals surface area contributed by atoms with Crippen molar-refractivity contribution in [3.8, 4) is 0 Å². The summed E-state index contributed by atoms with van der Waals surface area (Å²) in [7, 11) is -2.99. The minimum atomic E-state index is -2.99. The first-order valence-corrected chi connectivity index (χ1v) is 6.79. The highest BCUT2D eigenvalue weighted by Crippen LogP contribution is 2.19. The molecule has 2 N–H and O–H groups in total. The first-order valence-electron chi connectivity index (χ1n) is 4.90. The van der Waals surface area contributed by atoms with E-state index in [1.807, 2.05) is 0 Å². The number of hydrogen-bond acceptors (Lipinski definition) is 4. The molecule has 0 aromatic carbocycles. The number of rotatable bonds is 3. The third-order valence-corrected chi connectivity index (χ3v) is 5.05. The fourth-order valence-electron chi connectivity index (χ4n) is 1.66. The average molecular weight is 257 g/mol. The van der Waals surface area contributed by atoms with Crippen LogP contribution < -0.4 is 5.73 Å². The molecular weight excluding hydrogens is 236 g/mol. The van der Waals surface area contributed by atoms with Crippen LogP contribution >= 0.6 is 12.4 Å². The van der Waals surface area contributed by atoms with Crippen molar-refractivity contribution in [2.75, 3.05) is 25.9 Å². The highest BCUT2D eigenvalue weighted by atomic mass is 35.5. The summed E-state index contributed by atoms with van der Waals surface area (Å²) in [5, 5.41) is 0. The molecule has 0 saturated carbocycles. The smallest absolute Gasteiger partial charge is 0.153 e. The molecule has 0 aliphatic carbocycles. The largest absolute Gasteiger partial charge is 0.326 e. The molecule has 1 aliphatic heterocycles. The summed E-state index contributed by atoms with van der Waals surface area (Å²) in [6.45, 7) is 5.86. The molecule has 0 unspecified atom stereocenters. The summed E-state index contributed by atoms with van der Waals surface area (Å²) in [6, 6.07) is 0.213. The maximum Gasteiger partial charge on any atom is 0.153 e. The van der Waals surface area contributed by atoms with E-state index in [2.05, 4.69) is 4.90 Å². The molecule has 6 heteroatoms. The summed E-state index contributed by atoms with van der Waals surface area (Å²) >= 11 is 0. The monoisotopic (exact) mass is 256 g/mol. The minimum absolute atomic E-state index is 0. The number of nitrogens with two attached hydrogens (primary N) is 1. The predicted octanol–water partition coefficient (Wildman–Crippen LogP) is 0.264. The van der Waals surface area contributed by atoms with Crippen molar-refractivity contribution in [3.63, 3.8) is 0 Å². The highest BCUT2D eigenvalue weighted by molar-refractivity contribution is 7.92. The number of hydrogen-bond donors (Lipinski definition) is 1. The van der Waals surface area contributed by atoms with E-state index in [1.165, 1.54) is 6.26 Å². The van der Waals surface area contributed by atoms with Crippen molar-refractivity contribution in [2.24, 2.45) is 5.73 Å². The van der Waals surface area contributed by atoms with Crippen molar-refractivity contribution in [1.82, 2.24) is 4.90 Å². The molecule has 1 aliphatic rings. The first kappa shape index (κ1) is 15.2. The summed E-state index contributed by atoms with van der Waals surface area (Å²) in [4.78, 5) is 2.13. The first-order chi connectivity index (χ1) is 6.22. The molecule has 1 fully saturated rings. The molecule has 0 radical (unpaired) electrons. The van der Waals surface area contributed by atoms with E-state index in [-0.39, 0.29) is 18.4 Å². The molecule has 0 bridgehead atoms. The molecule has 0 aromatic rings. The van der Waals surface area contributed by atoms with Crippen molar-refractivity contribution in [2.45, 2.75) is 31.1 Å². The lowest BCUT2D eigenvalue weighted by Gasteiger charge is -2.28. The number of sulfone groups is 1. The standard InChI is InChI=1S/C9H20N2O2S.ClH/c1-9(2,14(3,12)13)7-11-5-4-8(10)6-11;/h8H,4-7,10H2,1-3H3;1H/t8-;/m1./s1. The van der Waals surface area contributed by atoms with Gasteiger partial charge >= 0.3 is 0 Å². The van der Waals surface area contributed by atoms with Crippen LogP contribution in [-0.4, -0.2) is 50.0 Å². The second-order valence-electron chi connectivity index (χ2n) is 4.82. The molecular formula is C9H21ClN2O2S. The maximum absolute atomic E-state index is 11.5. The van der Waals surface area contributed by atoms with Crippen molar-refractivity contribution < 1.29 is 8.42 Å². The Hall–Kier alpha value is 0.160. The predicted molar refractivity (Wildman–Crippen MR) is 65.2 cm³/mol. The second-order valence-corrected chi connectivity index (χ2v) is 7.47. The van der Waals surface area contributed by atoms with Gasteiger partial charge in [0.2, 0.25) is 0 Å². The van der Waals surface area contributed by atoms with E-state index >= 15 is 0 Å². The lowest BCUT2D eigenvalue weighted by atomic mass is 10.2. The zero-order chi connectivity index (χ0) is 11.0. The van der Waals surface area contributed by atoms with Crippen LogP contribution in [0.4, 0.5) is 0 Å². The Morgan fingerprint density at radius 3 is 2.33 bits per heavy atom. The van der Waals surface area contributed by atoms with E-state index < -0.39 is 14.6 Å². The molecule has 1 heterocycles. The van der Waals surface area contributed by atoms with Gasteiger partial charge in [-0.2, -0.15) is 0 Å². The Morgan fingerprint density at radius 2 is 2.00 bits per heavy atom. The third-order valence-electron chi connectivity index (χ3n) is 2.92. The summed E-state index contributed by atoms with van der Waals surface area (Å²) in [6.07, 6.45) is 2.27. The third kappa shape index (κ3) is 3.90. The fraction of sp³-hybridized carbons (Fsp3) is 1.00. The van der Waals surface area contributed by atoms with Gasteiger partial charge in [-0.3, -0.25) is 0 Å². The van der Waals surface area contributed by atoms with E-state index in [0.29, 0.717) is 6.54 Å². The summed E-state index contributed by atoms with van der Waals surface area (Å²) in [5.74, 6) is 0. The van der Waals surface area contributed by atoms with Gasteiger partial charge in [-0.15, -0.1) is 12.4 Å². The van der Waals surface area contributed by atoms with Crippen LogP contribution in [-0.2, 0) is 9.84 Å². The molecule has 1 atom stereocenters. The van der Waals surface area contributed by atoms with E-state index in [9.17, 15) is 8.42 Å². The lowest BCUT2D eigenvalue weighted by Crippen LogP contribution is -2.43. The van der Waals surface area contributed by atoms with Gasteiger partial charge in [-0.25, -0.2) is 8.42 Å². The van der Waals surface area contributed by atoms with Crippen LogP contribution in [0.2, 0.25) is 0 Å². The van der Waals surface area contributed by atoms with Crippen LogP contribution in [0.1, 0.15) is 20.3 Å². The Labute approximate surface area is 98.5 Å². The molecule has 1 saturated heterocycles. The average Bonchev–Trinajstić information content (AvgIpc) is 2.31. The molecule has 4 nitrogen and oxygen atoms in total. The van der Waals surface area contributed by atoms with Gasteiger partial charge in [0, 0.05) is 25.4 Å². The minimum Gasteiger partial charge on any atom is -0.326 e. The Kier molecular flexibility index (Phi) is 5.05. The molecule has 92 valence electrons. The van der Waals surface area contributed by atoms with Gasteiger partial charge in [0.15, 0.2) is 9.84 Å². The maximum atomic E-state index is 11.5. The van der Waals surface area contributed by atoms with Crippen molar-refractivity contribution in [1.29, 1.82) is 0 Å². The zero-order valence-electron chi connectivity index (χ0n) is 9.56. The van der Waals surface area contributed by atoms with Crippen LogP contribution in [0.25, 0.3) is 0 Å². The topological polar surface area (TPSA) is 63.4 Å². The van der Waals surface area contributed by atoms with Crippen LogP contribution in [0.3, 0.4) is 0 Å². The SMILES string of the molecule is CC(C)(CN1CC[C@@H](N)C1)S(C)(=O)=O.Cl. The highest BCUT2D eigenvalue weighted by Gasteiger charge is 2.34. The Morgan fingerprint density at radius 1 is 1.47 bits per heavy atom. The van der Waals surface area contributed by atoms with E-state index in [1.54, 1.807) is 13.8 Å². The van der Waals surface area contributed by atoms with Gasteiger partial charge in [0.1, 0.15) is 0 Å². The van der Waals surface area contributed by atoms with Gasteiger partial charge < -0.3 is 10.6 Å². The molecule has 15 heavy (non-hydrogen) atoms. The number of likely N-dealkylation sites (tertiary alicyclic amines) is 1. The molecule has 1 rings (SSSR count). The second kappa shape index (κ2) is 4.99. The van der Waals surface area contributed by atoms with Gasteiger partial charge in [-0.05, 0) is 26.8 Å². The summed E-state index contributed by atoms with van der Waals surface area (Å²) < 4.78 is 22.3. The molecule has 0 amide bonds. The van der Waals surface area contributed by atoms with Gasteiger partial charge in [-0.1, -0.05) is 0 Å². The number of halogens is 1. The lowest BCUT2D eigenvalue weighted by molar-refractivity contribution is 0.303. The van der Waals surface area contributed by atoms with Gasteiger partial charge in [0.25, 0.3) is 0 Å². The zero-order valence-corrected chi connectivity index (χ0v) is 11.2. The van der Waals surface area contributed by atoms with Crippen LogP contribution in [0.5, 0.6) is 0 Å². The Bertz CT molecular complexity index is 303. The summed E-state index contributed by atoms with van der Waals surface area (Å²) in [5.41, 5.74) is 5.76. The van der Waals surface area contributed by atoms with E-state index in [4.69, 9.17) is 5.73 Å². The van der Waals surface area contributed by atoms with Crippen molar-refractivity contribution in [3.05, 3.63) is 0 Å². The van der Waals surface area contributed by atoms with Gasteiger partial charge in [0.05, 0.1) is 4.75 Å². The molecule has 0 aromatic heterocycles. The fourth-order valence-corrected chi connectivity index (χ4v) is 2.08. The van der Waals surface area contributed by atoms with Crippen LogP contribution in [0.15, 0.2) is 0 Å². The normalized spacial score (nSPS) is 23.9.